The summed E-state index contributed by atoms with van der Waals surface area (Å²) in [4.78, 5) is 38.0. The van der Waals surface area contributed by atoms with Crippen molar-refractivity contribution in [3.05, 3.63) is 98.4 Å². The number of hydrogen-bond donors (Lipinski definition) is 3. The van der Waals surface area contributed by atoms with Crippen LogP contribution in [-0.2, 0) is 11.3 Å². The van der Waals surface area contributed by atoms with Gasteiger partial charge in [-0.1, -0.05) is 62.2 Å². The molecular formula is C30H27Br2F2N3O4. The van der Waals surface area contributed by atoms with E-state index in [9.17, 15) is 23.2 Å². The molecule has 1 aliphatic rings. The van der Waals surface area contributed by atoms with E-state index >= 15 is 0 Å². The Kier molecular flexibility index (Phi) is 9.93. The maximum Gasteiger partial charge on any atom is 0.376 e. The zero-order valence-corrected chi connectivity index (χ0v) is 25.0. The third-order valence-electron chi connectivity index (χ3n) is 6.54. The molecule has 3 amide bonds. The fraction of sp³-hybridized carbons (Fsp3) is 0.233. The van der Waals surface area contributed by atoms with Gasteiger partial charge in [-0.3, -0.25) is 9.69 Å². The van der Waals surface area contributed by atoms with Crippen molar-refractivity contribution < 1.29 is 28.3 Å². The van der Waals surface area contributed by atoms with Crippen molar-refractivity contribution >= 4 is 66.7 Å². The number of nitrogens with one attached hydrogen (secondary N) is 2. The van der Waals surface area contributed by atoms with E-state index < -0.39 is 24.3 Å². The maximum absolute atomic E-state index is 13.5. The maximum atomic E-state index is 13.5. The average molecular weight is 691 g/mol. The molecule has 4 rings (SSSR count). The van der Waals surface area contributed by atoms with E-state index in [0.29, 0.717) is 16.9 Å². The first-order valence-electron chi connectivity index (χ1n) is 12.8. The third kappa shape index (κ3) is 8.23. The summed E-state index contributed by atoms with van der Waals surface area (Å²) < 4.78 is 28.2. The Bertz CT molecular complexity index is 1440. The summed E-state index contributed by atoms with van der Waals surface area (Å²) in [5, 5.41) is 13.4. The Morgan fingerprint density at radius 3 is 2.17 bits per heavy atom. The molecule has 3 aromatic rings. The van der Waals surface area contributed by atoms with Crippen LogP contribution in [-0.4, -0.2) is 35.5 Å². The van der Waals surface area contributed by atoms with E-state index in [0.717, 1.165) is 33.8 Å². The molecule has 0 bridgehead atoms. The highest BCUT2D eigenvalue weighted by molar-refractivity contribution is 9.11. The van der Waals surface area contributed by atoms with Gasteiger partial charge < -0.3 is 15.7 Å². The lowest BCUT2D eigenvalue weighted by Gasteiger charge is -2.24. The molecule has 7 nitrogen and oxygen atoms in total. The molecule has 0 atom stereocenters. The number of hydrogen-bond acceptors (Lipinski definition) is 3. The highest BCUT2D eigenvalue weighted by Crippen LogP contribution is 2.29. The number of benzene rings is 3. The summed E-state index contributed by atoms with van der Waals surface area (Å²) >= 11 is 6.86. The number of carbonyl (C=O) groups excluding carboxylic acids is 2. The standard InChI is InChI=1S/C30H27Br2F2N3O4/c31-23-14-24(32)16-25(15-23)36-29(41)37(26-12-10-21(11-13-26)20-4-2-1-3-5-20)17-19-6-8-22(9-7-19)27(38)35-18-30(33,34)28(39)40/h4,6-16H,1-3,5,17-18H2,(H,35,38)(H,36,41)(H,39,40). The van der Waals surface area contributed by atoms with Crippen LogP contribution in [0.15, 0.2) is 81.8 Å². The Morgan fingerprint density at radius 2 is 1.59 bits per heavy atom. The van der Waals surface area contributed by atoms with Gasteiger partial charge in [0.1, 0.15) is 0 Å². The number of halogens is 4. The third-order valence-corrected chi connectivity index (χ3v) is 7.46. The molecule has 1 aliphatic carbocycles. The molecule has 0 unspecified atom stereocenters. The highest BCUT2D eigenvalue weighted by Gasteiger charge is 2.39. The lowest BCUT2D eigenvalue weighted by Crippen LogP contribution is -2.42. The van der Waals surface area contributed by atoms with Crippen molar-refractivity contribution in [3.8, 4) is 0 Å². The smallest absolute Gasteiger partial charge is 0.376 e. The van der Waals surface area contributed by atoms with Crippen molar-refractivity contribution in [1.29, 1.82) is 0 Å². The molecule has 3 N–H and O–H groups in total. The van der Waals surface area contributed by atoms with Crippen LogP contribution in [0.5, 0.6) is 0 Å². The van der Waals surface area contributed by atoms with Crippen LogP contribution >= 0.6 is 31.9 Å². The number of anilines is 2. The molecule has 0 spiro atoms. The lowest BCUT2D eigenvalue weighted by molar-refractivity contribution is -0.163. The SMILES string of the molecule is O=C(NCC(F)(F)C(=O)O)c1ccc(CN(C(=O)Nc2cc(Br)cc(Br)c2)c2ccc(C3=CCCCC3)cc2)cc1. The lowest BCUT2D eigenvalue weighted by atomic mass is 9.93. The predicted octanol–water partition coefficient (Wildman–Crippen LogP) is 7.86. The summed E-state index contributed by atoms with van der Waals surface area (Å²) in [5.41, 5.74) is 4.42. The summed E-state index contributed by atoms with van der Waals surface area (Å²) in [6.07, 6.45) is 6.68. The molecule has 0 fully saturated rings. The van der Waals surface area contributed by atoms with Gasteiger partial charge in [-0.05, 0) is 84.8 Å². The van der Waals surface area contributed by atoms with Crippen LogP contribution in [0.2, 0.25) is 0 Å². The Morgan fingerprint density at radius 1 is 0.927 bits per heavy atom. The zero-order valence-electron chi connectivity index (χ0n) is 21.8. The monoisotopic (exact) mass is 689 g/mol. The number of amides is 3. The highest BCUT2D eigenvalue weighted by atomic mass is 79.9. The van der Waals surface area contributed by atoms with Crippen molar-refractivity contribution in [3.63, 3.8) is 0 Å². The molecule has 214 valence electrons. The minimum Gasteiger partial charge on any atom is -0.477 e. The largest absolute Gasteiger partial charge is 0.477 e. The fourth-order valence-corrected chi connectivity index (χ4v) is 5.66. The first-order chi connectivity index (χ1) is 19.5. The summed E-state index contributed by atoms with van der Waals surface area (Å²) in [7, 11) is 0. The minimum atomic E-state index is -4.07. The summed E-state index contributed by atoms with van der Waals surface area (Å²) in [5.74, 6) is -7.22. The number of carbonyl (C=O) groups is 3. The first-order valence-corrected chi connectivity index (χ1v) is 14.4. The predicted molar refractivity (Wildman–Crippen MR) is 161 cm³/mol. The summed E-state index contributed by atoms with van der Waals surface area (Å²) in [6, 6.07) is 18.9. The van der Waals surface area contributed by atoms with Gasteiger partial charge in [0.2, 0.25) is 0 Å². The van der Waals surface area contributed by atoms with Gasteiger partial charge in [0.05, 0.1) is 13.1 Å². The van der Waals surface area contributed by atoms with Crippen molar-refractivity contribution in [1.82, 2.24) is 5.32 Å². The van der Waals surface area contributed by atoms with E-state index in [-0.39, 0.29) is 18.1 Å². The van der Waals surface area contributed by atoms with Gasteiger partial charge in [0.15, 0.2) is 0 Å². The Hall–Kier alpha value is -3.57. The van der Waals surface area contributed by atoms with E-state index in [1.165, 1.54) is 24.1 Å². The van der Waals surface area contributed by atoms with Crippen LogP contribution in [0, 0.1) is 0 Å². The van der Waals surface area contributed by atoms with Crippen molar-refractivity contribution in [2.45, 2.75) is 38.2 Å². The second kappa shape index (κ2) is 13.4. The van der Waals surface area contributed by atoms with Crippen LogP contribution in [0.1, 0.15) is 47.2 Å². The molecule has 41 heavy (non-hydrogen) atoms. The molecule has 0 radical (unpaired) electrons. The van der Waals surface area contributed by atoms with Crippen LogP contribution < -0.4 is 15.5 Å². The number of alkyl halides is 2. The molecule has 0 aliphatic heterocycles. The van der Waals surface area contributed by atoms with Crippen molar-refractivity contribution in [2.24, 2.45) is 0 Å². The van der Waals surface area contributed by atoms with Gasteiger partial charge in [-0.15, -0.1) is 0 Å². The van der Waals surface area contributed by atoms with Gasteiger partial charge in [0.25, 0.3) is 5.91 Å². The quantitative estimate of drug-likeness (QED) is 0.213. The zero-order chi connectivity index (χ0) is 29.6. The topological polar surface area (TPSA) is 98.7 Å². The second-order valence-electron chi connectivity index (χ2n) is 9.59. The van der Waals surface area contributed by atoms with Crippen LogP contribution in [0.4, 0.5) is 25.0 Å². The van der Waals surface area contributed by atoms with E-state index in [4.69, 9.17) is 5.11 Å². The van der Waals surface area contributed by atoms with Gasteiger partial charge in [-0.2, -0.15) is 8.78 Å². The molecule has 3 aromatic carbocycles. The van der Waals surface area contributed by atoms with Crippen molar-refractivity contribution in [2.75, 3.05) is 16.8 Å². The molecule has 0 aromatic heterocycles. The molecular weight excluding hydrogens is 664 g/mol. The first kappa shape index (κ1) is 30.4. The number of carboxylic acid groups (broad SMARTS) is 1. The number of rotatable bonds is 9. The second-order valence-corrected chi connectivity index (χ2v) is 11.4. The average Bonchev–Trinajstić information content (AvgIpc) is 2.95. The van der Waals surface area contributed by atoms with Gasteiger partial charge in [-0.25, -0.2) is 9.59 Å². The van der Waals surface area contributed by atoms with Gasteiger partial charge >= 0.3 is 17.9 Å². The molecule has 0 saturated heterocycles. The number of aliphatic carboxylic acids is 1. The fourth-order valence-electron chi connectivity index (χ4n) is 4.37. The minimum absolute atomic E-state index is 0.0787. The summed E-state index contributed by atoms with van der Waals surface area (Å²) in [6.45, 7) is -1.17. The van der Waals surface area contributed by atoms with Gasteiger partial charge in [0, 0.05) is 25.9 Å². The van der Waals surface area contributed by atoms with Crippen LogP contribution in [0.3, 0.4) is 0 Å². The van der Waals surface area contributed by atoms with E-state index in [1.807, 2.05) is 35.6 Å². The number of urea groups is 1. The number of allylic oxidation sites excluding steroid dienone is 2. The van der Waals surface area contributed by atoms with Crippen LogP contribution in [0.25, 0.3) is 5.57 Å². The Labute approximate surface area is 252 Å². The number of carboxylic acids is 1. The Balaban J connectivity index is 1.54. The van der Waals surface area contributed by atoms with E-state index in [2.05, 4.69) is 43.3 Å². The normalized spacial score (nSPS) is 13.2. The molecule has 0 saturated carbocycles. The van der Waals surface area contributed by atoms with E-state index in [1.54, 1.807) is 29.2 Å². The molecule has 0 heterocycles. The number of nitrogens with zero attached hydrogens (tertiary/aromatic N) is 1. The molecule has 11 heteroatoms.